The van der Waals surface area contributed by atoms with Crippen LogP contribution in [0.2, 0.25) is 0 Å². The topological polar surface area (TPSA) is 63.2 Å². The van der Waals surface area contributed by atoms with Gasteiger partial charge in [0.1, 0.15) is 23.3 Å². The quantitative estimate of drug-likeness (QED) is 0.646. The third kappa shape index (κ3) is 5.25. The number of aliphatic imine (C=N–C) groups is 1. The van der Waals surface area contributed by atoms with Crippen LogP contribution in [-0.4, -0.2) is 66.8 Å². The highest BCUT2D eigenvalue weighted by Gasteiger charge is 2.55. The van der Waals surface area contributed by atoms with Crippen LogP contribution in [0.5, 0.6) is 0 Å². The Labute approximate surface area is 193 Å². The Bertz CT molecular complexity index is 1020. The van der Waals surface area contributed by atoms with E-state index in [-0.39, 0.29) is 19.5 Å². The van der Waals surface area contributed by atoms with Crippen molar-refractivity contribution in [3.63, 3.8) is 0 Å². The van der Waals surface area contributed by atoms with E-state index in [2.05, 4.69) is 10.3 Å². The lowest BCUT2D eigenvalue weighted by atomic mass is 9.88. The first-order valence-corrected chi connectivity index (χ1v) is 10.9. The van der Waals surface area contributed by atoms with Gasteiger partial charge in [-0.15, -0.1) is 0 Å². The lowest BCUT2D eigenvalue weighted by Gasteiger charge is -2.46. The summed E-state index contributed by atoms with van der Waals surface area (Å²) in [6.45, 7) is 5.89. The van der Waals surface area contributed by atoms with E-state index in [4.69, 9.17) is 9.47 Å². The number of carbonyl (C=O) groups is 1. The van der Waals surface area contributed by atoms with Crippen molar-refractivity contribution in [1.29, 1.82) is 0 Å². The van der Waals surface area contributed by atoms with Crippen molar-refractivity contribution in [2.75, 3.05) is 19.6 Å². The average Bonchev–Trinajstić information content (AvgIpc) is 3.29. The molecule has 0 bridgehead atoms. The van der Waals surface area contributed by atoms with E-state index in [1.807, 2.05) is 0 Å². The zero-order chi connectivity index (χ0) is 24.8. The second-order valence-corrected chi connectivity index (χ2v) is 9.74. The summed E-state index contributed by atoms with van der Waals surface area (Å²) >= 11 is 0. The Hall–Kier alpha value is -2.53. The standard InChI is InChI=1S/C23H26F5N3O3/c1-22(2,3)34-21(32)30-17-7-18(31-10-12-8-29-9-13(12)11-31)20(23(26,27)28)33-19(17)15-6-14(24)4-5-16(15)25/h4-6,8,17-20H,7,9-11H2,1-3H3,(H,30,32). The van der Waals surface area contributed by atoms with Crippen LogP contribution >= 0.6 is 0 Å². The second-order valence-electron chi connectivity index (χ2n) is 9.74. The van der Waals surface area contributed by atoms with E-state index in [0.29, 0.717) is 6.54 Å². The van der Waals surface area contributed by atoms with Crippen molar-refractivity contribution in [1.82, 2.24) is 10.2 Å². The van der Waals surface area contributed by atoms with Gasteiger partial charge in [0.05, 0.1) is 12.6 Å². The van der Waals surface area contributed by atoms with Crippen molar-refractivity contribution in [2.24, 2.45) is 4.99 Å². The highest BCUT2D eigenvalue weighted by molar-refractivity contribution is 5.84. The van der Waals surface area contributed by atoms with Gasteiger partial charge in [0.15, 0.2) is 6.10 Å². The third-order valence-corrected chi connectivity index (χ3v) is 6.01. The van der Waals surface area contributed by atoms with Gasteiger partial charge in [0, 0.05) is 30.9 Å². The number of carbonyl (C=O) groups excluding carboxylic acids is 1. The van der Waals surface area contributed by atoms with Crippen molar-refractivity contribution in [3.8, 4) is 0 Å². The molecule has 1 aromatic rings. The molecule has 11 heteroatoms. The fraction of sp³-hybridized carbons (Fsp3) is 0.565. The molecule has 0 spiro atoms. The molecule has 6 nitrogen and oxygen atoms in total. The van der Waals surface area contributed by atoms with Crippen molar-refractivity contribution >= 4 is 12.3 Å². The van der Waals surface area contributed by atoms with Gasteiger partial charge < -0.3 is 14.8 Å². The maximum Gasteiger partial charge on any atom is 0.416 e. The van der Waals surface area contributed by atoms with Crippen LogP contribution < -0.4 is 5.32 Å². The molecule has 4 atom stereocenters. The summed E-state index contributed by atoms with van der Waals surface area (Å²) in [4.78, 5) is 18.3. The Morgan fingerprint density at radius 1 is 1.21 bits per heavy atom. The normalized spacial score (nSPS) is 27.8. The minimum Gasteiger partial charge on any atom is -0.444 e. The molecule has 0 aliphatic carbocycles. The molecule has 1 amide bonds. The number of alkyl halides is 3. The first kappa shape index (κ1) is 24.6. The van der Waals surface area contributed by atoms with Crippen LogP contribution in [-0.2, 0) is 9.47 Å². The Balaban J connectivity index is 1.66. The molecule has 3 aliphatic rings. The first-order valence-electron chi connectivity index (χ1n) is 10.9. The van der Waals surface area contributed by atoms with Gasteiger partial charge in [-0.1, -0.05) is 0 Å². The van der Waals surface area contributed by atoms with Gasteiger partial charge in [-0.3, -0.25) is 9.89 Å². The number of amides is 1. The van der Waals surface area contributed by atoms with Crippen molar-refractivity contribution < 1.29 is 36.2 Å². The minimum absolute atomic E-state index is 0.207. The maximum atomic E-state index is 14.6. The van der Waals surface area contributed by atoms with Crippen LogP contribution in [0.4, 0.5) is 26.7 Å². The highest BCUT2D eigenvalue weighted by atomic mass is 19.4. The lowest BCUT2D eigenvalue weighted by Crippen LogP contribution is -2.60. The van der Waals surface area contributed by atoms with Gasteiger partial charge in [-0.25, -0.2) is 13.6 Å². The number of halogens is 5. The molecular weight excluding hydrogens is 461 g/mol. The third-order valence-electron chi connectivity index (χ3n) is 6.01. The van der Waals surface area contributed by atoms with E-state index < -0.39 is 59.4 Å². The van der Waals surface area contributed by atoms with E-state index >= 15 is 0 Å². The Morgan fingerprint density at radius 2 is 1.94 bits per heavy atom. The van der Waals surface area contributed by atoms with E-state index in [0.717, 1.165) is 29.3 Å². The van der Waals surface area contributed by atoms with Gasteiger partial charge in [0.25, 0.3) is 0 Å². The largest absolute Gasteiger partial charge is 0.444 e. The summed E-state index contributed by atoms with van der Waals surface area (Å²) in [6, 6.07) is 0.216. The zero-order valence-electron chi connectivity index (χ0n) is 19.0. The molecular formula is C23H26F5N3O3. The van der Waals surface area contributed by atoms with Gasteiger partial charge in [-0.05, 0) is 56.5 Å². The lowest BCUT2D eigenvalue weighted by molar-refractivity contribution is -0.268. The van der Waals surface area contributed by atoms with Crippen molar-refractivity contribution in [3.05, 3.63) is 46.5 Å². The van der Waals surface area contributed by atoms with Crippen LogP contribution in [0.25, 0.3) is 0 Å². The van der Waals surface area contributed by atoms with Gasteiger partial charge >= 0.3 is 12.3 Å². The molecule has 1 saturated heterocycles. The Morgan fingerprint density at radius 3 is 2.59 bits per heavy atom. The zero-order valence-corrected chi connectivity index (χ0v) is 19.0. The predicted molar refractivity (Wildman–Crippen MR) is 114 cm³/mol. The van der Waals surface area contributed by atoms with Crippen LogP contribution in [0.1, 0.15) is 38.9 Å². The average molecular weight is 487 g/mol. The SMILES string of the molecule is CC(C)(C)OC(=O)NC1CC(N2CC3=C(CN=C3)C2)C(C(F)(F)F)OC1c1cc(F)ccc1F. The number of benzene rings is 1. The summed E-state index contributed by atoms with van der Waals surface area (Å²) < 4.78 is 81.7. The van der Waals surface area contributed by atoms with Crippen LogP contribution in [0.15, 0.2) is 34.3 Å². The number of hydrogen-bond donors (Lipinski definition) is 1. The fourth-order valence-corrected chi connectivity index (χ4v) is 4.62. The smallest absolute Gasteiger partial charge is 0.416 e. The molecule has 34 heavy (non-hydrogen) atoms. The number of hydrogen-bond acceptors (Lipinski definition) is 5. The summed E-state index contributed by atoms with van der Waals surface area (Å²) in [5.41, 5.74) is 0.543. The monoisotopic (exact) mass is 487 g/mol. The minimum atomic E-state index is -4.77. The van der Waals surface area contributed by atoms with E-state index in [1.165, 1.54) is 0 Å². The van der Waals surface area contributed by atoms with E-state index in [9.17, 15) is 26.7 Å². The van der Waals surface area contributed by atoms with Crippen molar-refractivity contribution in [2.45, 2.75) is 63.3 Å². The second kappa shape index (κ2) is 8.92. The van der Waals surface area contributed by atoms with Crippen LogP contribution in [0, 0.1) is 11.6 Å². The molecule has 0 saturated carbocycles. The summed E-state index contributed by atoms with van der Waals surface area (Å²) in [7, 11) is 0. The highest BCUT2D eigenvalue weighted by Crippen LogP contribution is 2.42. The number of nitrogens with zero attached hydrogens (tertiary/aromatic N) is 2. The summed E-state index contributed by atoms with van der Waals surface area (Å²) in [6.07, 6.45) is -8.06. The molecule has 4 unspecified atom stereocenters. The fourth-order valence-electron chi connectivity index (χ4n) is 4.62. The summed E-state index contributed by atoms with van der Waals surface area (Å²) in [5, 5.41) is 2.54. The van der Waals surface area contributed by atoms with Crippen LogP contribution in [0.3, 0.4) is 0 Å². The summed E-state index contributed by atoms with van der Waals surface area (Å²) in [5.74, 6) is -1.76. The molecule has 3 aliphatic heterocycles. The molecule has 1 N–H and O–H groups in total. The maximum absolute atomic E-state index is 14.6. The predicted octanol–water partition coefficient (Wildman–Crippen LogP) is 4.32. The molecule has 186 valence electrons. The molecule has 0 radical (unpaired) electrons. The first-order chi connectivity index (χ1) is 15.8. The molecule has 1 fully saturated rings. The molecule has 3 heterocycles. The van der Waals surface area contributed by atoms with Gasteiger partial charge in [0.2, 0.25) is 0 Å². The number of nitrogens with one attached hydrogen (secondary N) is 1. The molecule has 4 rings (SSSR count). The van der Waals surface area contributed by atoms with E-state index in [1.54, 1.807) is 31.9 Å². The Kier molecular flexibility index (Phi) is 6.45. The van der Waals surface area contributed by atoms with Gasteiger partial charge in [-0.2, -0.15) is 13.2 Å². The number of rotatable bonds is 3. The molecule has 0 aromatic heterocycles. The number of ether oxygens (including phenoxy) is 2. The number of alkyl carbamates (subject to hydrolysis) is 1. The molecule has 1 aromatic carbocycles.